The van der Waals surface area contributed by atoms with E-state index in [1.54, 1.807) is 0 Å². The lowest BCUT2D eigenvalue weighted by Crippen LogP contribution is -2.40. The van der Waals surface area contributed by atoms with Crippen molar-refractivity contribution in [2.24, 2.45) is 0 Å². The maximum atomic E-state index is 12.9. The van der Waals surface area contributed by atoms with E-state index in [0.717, 1.165) is 24.2 Å². The molecule has 0 aromatic heterocycles. The van der Waals surface area contributed by atoms with E-state index in [0.29, 0.717) is 19.8 Å². The van der Waals surface area contributed by atoms with Gasteiger partial charge in [0.25, 0.3) is 5.91 Å². The molecule has 2 aromatic carbocycles. The Morgan fingerprint density at radius 2 is 1.87 bits per heavy atom. The van der Waals surface area contributed by atoms with Crippen molar-refractivity contribution < 1.29 is 22.7 Å². The zero-order valence-corrected chi connectivity index (χ0v) is 19.0. The number of ether oxygens (including phenoxy) is 2. The molecule has 1 saturated heterocycles. The molecule has 1 aliphatic rings. The van der Waals surface area contributed by atoms with Crippen LogP contribution in [0.3, 0.4) is 0 Å². The number of carbonyl (C=O) groups is 1. The second-order valence-corrected chi connectivity index (χ2v) is 9.53. The molecule has 2 aromatic rings. The largest absolute Gasteiger partial charge is 0.494 e. The van der Waals surface area contributed by atoms with Crippen LogP contribution in [0.1, 0.15) is 35.7 Å². The number of morpholine rings is 1. The van der Waals surface area contributed by atoms with Crippen LogP contribution >= 0.6 is 11.6 Å². The average Bonchev–Trinajstić information content (AvgIpc) is 2.79. The van der Waals surface area contributed by atoms with Gasteiger partial charge in [-0.2, -0.15) is 4.31 Å². The van der Waals surface area contributed by atoms with Gasteiger partial charge in [0.15, 0.2) is 0 Å². The summed E-state index contributed by atoms with van der Waals surface area (Å²) in [6.07, 6.45) is 2.07. The van der Waals surface area contributed by atoms with Crippen molar-refractivity contribution in [1.82, 2.24) is 9.62 Å². The zero-order valence-electron chi connectivity index (χ0n) is 17.5. The molecule has 0 unspecified atom stereocenters. The molecule has 1 N–H and O–H groups in total. The van der Waals surface area contributed by atoms with Gasteiger partial charge in [0.2, 0.25) is 10.0 Å². The van der Waals surface area contributed by atoms with Gasteiger partial charge in [-0.05, 0) is 42.3 Å². The fourth-order valence-corrected chi connectivity index (χ4v) is 4.73. The fourth-order valence-electron chi connectivity index (χ4n) is 3.09. The lowest BCUT2D eigenvalue weighted by molar-refractivity contribution is 0.0730. The third kappa shape index (κ3) is 6.20. The number of unbranched alkanes of at least 4 members (excludes halogenated alkanes) is 1. The average molecular weight is 467 g/mol. The van der Waals surface area contributed by atoms with Crippen LogP contribution in [0.4, 0.5) is 0 Å². The van der Waals surface area contributed by atoms with Crippen molar-refractivity contribution >= 4 is 27.5 Å². The van der Waals surface area contributed by atoms with E-state index in [1.807, 2.05) is 24.3 Å². The van der Waals surface area contributed by atoms with Gasteiger partial charge < -0.3 is 14.8 Å². The summed E-state index contributed by atoms with van der Waals surface area (Å²) in [6.45, 7) is 4.33. The Morgan fingerprint density at radius 1 is 1.16 bits per heavy atom. The fraction of sp³-hybridized carbons (Fsp3) is 0.409. The Kier molecular flexibility index (Phi) is 8.31. The van der Waals surface area contributed by atoms with E-state index in [9.17, 15) is 13.2 Å². The Morgan fingerprint density at radius 3 is 2.55 bits per heavy atom. The summed E-state index contributed by atoms with van der Waals surface area (Å²) in [4.78, 5) is 12.7. The van der Waals surface area contributed by atoms with Crippen molar-refractivity contribution in [2.45, 2.75) is 31.2 Å². The highest BCUT2D eigenvalue weighted by Crippen LogP contribution is 2.24. The number of sulfonamides is 1. The van der Waals surface area contributed by atoms with Crippen LogP contribution < -0.4 is 10.1 Å². The molecule has 31 heavy (non-hydrogen) atoms. The van der Waals surface area contributed by atoms with E-state index in [2.05, 4.69) is 12.2 Å². The minimum absolute atomic E-state index is 0.0394. The van der Waals surface area contributed by atoms with Gasteiger partial charge in [0.05, 0.1) is 35.3 Å². The summed E-state index contributed by atoms with van der Waals surface area (Å²) >= 11 is 6.18. The number of nitrogens with zero attached hydrogens (tertiary/aromatic N) is 1. The predicted molar refractivity (Wildman–Crippen MR) is 119 cm³/mol. The van der Waals surface area contributed by atoms with Crippen LogP contribution in [0.15, 0.2) is 47.4 Å². The molecular formula is C22H27ClN2O5S. The van der Waals surface area contributed by atoms with Crippen molar-refractivity contribution in [2.75, 3.05) is 32.9 Å². The van der Waals surface area contributed by atoms with Crippen LogP contribution in [-0.4, -0.2) is 51.5 Å². The number of nitrogens with one attached hydrogen (secondary N) is 1. The first-order chi connectivity index (χ1) is 14.9. The molecule has 1 fully saturated rings. The minimum Gasteiger partial charge on any atom is -0.494 e. The minimum atomic E-state index is -3.72. The maximum absolute atomic E-state index is 12.9. The molecule has 1 aliphatic heterocycles. The number of halogens is 1. The van der Waals surface area contributed by atoms with Crippen LogP contribution in [0.2, 0.25) is 5.02 Å². The standard InChI is InChI=1S/C22H27ClN2O5S/c1-2-3-12-30-18-6-4-17(5-7-18)16-24-22(26)20-15-19(8-9-21(20)23)31(27,28)25-10-13-29-14-11-25/h4-9,15H,2-3,10-14,16H2,1H3,(H,24,26). The van der Waals surface area contributed by atoms with Crippen molar-refractivity contribution in [3.05, 3.63) is 58.6 Å². The first-order valence-corrected chi connectivity index (χ1v) is 12.1. The molecule has 0 atom stereocenters. The SMILES string of the molecule is CCCCOc1ccc(CNC(=O)c2cc(S(=O)(=O)N3CCOCC3)ccc2Cl)cc1. The van der Waals surface area contributed by atoms with Gasteiger partial charge in [0.1, 0.15) is 5.75 Å². The van der Waals surface area contributed by atoms with Crippen LogP contribution in [0.25, 0.3) is 0 Å². The number of carbonyl (C=O) groups excluding carboxylic acids is 1. The normalized spacial score (nSPS) is 14.9. The second kappa shape index (κ2) is 10.9. The smallest absolute Gasteiger partial charge is 0.253 e. The van der Waals surface area contributed by atoms with Gasteiger partial charge >= 0.3 is 0 Å². The molecule has 0 saturated carbocycles. The van der Waals surface area contributed by atoms with E-state index >= 15 is 0 Å². The monoisotopic (exact) mass is 466 g/mol. The Bertz CT molecular complexity index is 989. The molecule has 0 aliphatic carbocycles. The quantitative estimate of drug-likeness (QED) is 0.572. The van der Waals surface area contributed by atoms with Gasteiger partial charge in [-0.3, -0.25) is 4.79 Å². The van der Waals surface area contributed by atoms with E-state index in [-0.39, 0.29) is 35.1 Å². The van der Waals surface area contributed by atoms with Gasteiger partial charge in [-0.25, -0.2) is 8.42 Å². The summed E-state index contributed by atoms with van der Waals surface area (Å²) in [5.41, 5.74) is 1.01. The van der Waals surface area contributed by atoms with Gasteiger partial charge in [0, 0.05) is 19.6 Å². The second-order valence-electron chi connectivity index (χ2n) is 7.19. The Hall–Kier alpha value is -2.13. The summed E-state index contributed by atoms with van der Waals surface area (Å²) in [6, 6.07) is 11.7. The maximum Gasteiger partial charge on any atom is 0.253 e. The molecular weight excluding hydrogens is 440 g/mol. The number of rotatable bonds is 9. The highest BCUT2D eigenvalue weighted by molar-refractivity contribution is 7.89. The molecule has 7 nitrogen and oxygen atoms in total. The van der Waals surface area contributed by atoms with Crippen LogP contribution in [0, 0.1) is 0 Å². The molecule has 1 amide bonds. The Labute approximate surface area is 188 Å². The lowest BCUT2D eigenvalue weighted by Gasteiger charge is -2.26. The van der Waals surface area contributed by atoms with Crippen molar-refractivity contribution in [1.29, 1.82) is 0 Å². The molecule has 1 heterocycles. The van der Waals surface area contributed by atoms with E-state index in [4.69, 9.17) is 21.1 Å². The molecule has 0 radical (unpaired) electrons. The van der Waals surface area contributed by atoms with Crippen molar-refractivity contribution in [3.8, 4) is 5.75 Å². The topological polar surface area (TPSA) is 84.9 Å². The predicted octanol–water partition coefficient (Wildman–Crippen LogP) is 3.47. The van der Waals surface area contributed by atoms with E-state index < -0.39 is 15.9 Å². The number of hydrogen-bond donors (Lipinski definition) is 1. The van der Waals surface area contributed by atoms with Crippen LogP contribution in [-0.2, 0) is 21.3 Å². The number of hydrogen-bond acceptors (Lipinski definition) is 5. The third-order valence-electron chi connectivity index (χ3n) is 4.93. The summed E-state index contributed by atoms with van der Waals surface area (Å²) in [5, 5.41) is 2.99. The Balaban J connectivity index is 1.65. The summed E-state index contributed by atoms with van der Waals surface area (Å²) < 4.78 is 37.9. The summed E-state index contributed by atoms with van der Waals surface area (Å²) in [7, 11) is -3.72. The highest BCUT2D eigenvalue weighted by Gasteiger charge is 2.27. The molecule has 168 valence electrons. The van der Waals surface area contributed by atoms with Crippen molar-refractivity contribution in [3.63, 3.8) is 0 Å². The summed E-state index contributed by atoms with van der Waals surface area (Å²) in [5.74, 6) is 0.347. The number of benzene rings is 2. The first-order valence-electron chi connectivity index (χ1n) is 10.3. The highest BCUT2D eigenvalue weighted by atomic mass is 35.5. The zero-order chi connectivity index (χ0) is 22.3. The number of amides is 1. The molecule has 0 spiro atoms. The van der Waals surface area contributed by atoms with Crippen LogP contribution in [0.5, 0.6) is 5.75 Å². The van der Waals surface area contributed by atoms with E-state index in [1.165, 1.54) is 22.5 Å². The third-order valence-corrected chi connectivity index (χ3v) is 7.16. The first kappa shape index (κ1) is 23.5. The molecule has 0 bridgehead atoms. The molecule has 3 rings (SSSR count). The molecule has 9 heteroatoms. The van der Waals surface area contributed by atoms with Gasteiger partial charge in [-0.1, -0.05) is 37.1 Å². The van der Waals surface area contributed by atoms with Gasteiger partial charge in [-0.15, -0.1) is 0 Å². The lowest BCUT2D eigenvalue weighted by atomic mass is 10.2.